The fourth-order valence-electron chi connectivity index (χ4n) is 3.77. The molecule has 4 rings (SSSR count). The molecule has 1 amide bonds. The van der Waals surface area contributed by atoms with E-state index in [0.717, 1.165) is 53.3 Å². The number of hydrogen-bond donors (Lipinski definition) is 1. The Morgan fingerprint density at radius 1 is 1.19 bits per heavy atom. The summed E-state index contributed by atoms with van der Waals surface area (Å²) in [6, 6.07) is 9.93. The second kappa shape index (κ2) is 7.31. The molecule has 1 unspecified atom stereocenters. The molecule has 0 aliphatic heterocycles. The van der Waals surface area contributed by atoms with Gasteiger partial charge in [-0.2, -0.15) is 5.10 Å². The van der Waals surface area contributed by atoms with Crippen LogP contribution in [0, 0.1) is 13.8 Å². The molecule has 1 N–H and O–H groups in total. The van der Waals surface area contributed by atoms with Gasteiger partial charge in [-0.3, -0.25) is 14.8 Å². The molecule has 27 heavy (non-hydrogen) atoms. The highest BCUT2D eigenvalue weighted by Gasteiger charge is 2.25. The van der Waals surface area contributed by atoms with Gasteiger partial charge in [0.15, 0.2) is 0 Å². The fourth-order valence-corrected chi connectivity index (χ4v) is 3.77. The Morgan fingerprint density at radius 2 is 1.96 bits per heavy atom. The zero-order valence-electron chi connectivity index (χ0n) is 15.6. The largest absolute Gasteiger partial charge is 0.347 e. The molecule has 138 valence electrons. The first kappa shape index (κ1) is 17.4. The highest BCUT2D eigenvalue weighted by Crippen LogP contribution is 2.26. The Morgan fingerprint density at radius 3 is 2.78 bits per heavy atom. The number of hydrogen-bond acceptors (Lipinski definition) is 4. The Labute approximate surface area is 158 Å². The summed E-state index contributed by atoms with van der Waals surface area (Å²) in [7, 11) is 0. The number of fused-ring (bicyclic) bond motifs is 1. The van der Waals surface area contributed by atoms with Crippen molar-refractivity contribution >= 4 is 5.91 Å². The van der Waals surface area contributed by atoms with E-state index in [-0.39, 0.29) is 11.9 Å². The van der Waals surface area contributed by atoms with E-state index >= 15 is 0 Å². The smallest absolute Gasteiger partial charge is 0.225 e. The lowest BCUT2D eigenvalue weighted by Gasteiger charge is -2.24. The van der Waals surface area contributed by atoms with Crippen LogP contribution in [-0.4, -0.2) is 25.7 Å². The monoisotopic (exact) mass is 361 g/mol. The van der Waals surface area contributed by atoms with E-state index < -0.39 is 0 Å². The third-order valence-electron chi connectivity index (χ3n) is 5.16. The number of nitrogens with one attached hydrogen (secondary N) is 1. The van der Waals surface area contributed by atoms with E-state index in [1.807, 2.05) is 48.9 Å². The van der Waals surface area contributed by atoms with Crippen LogP contribution in [-0.2, 0) is 17.6 Å². The summed E-state index contributed by atoms with van der Waals surface area (Å²) in [6.07, 6.45) is 6.57. The Kier molecular flexibility index (Phi) is 4.71. The fraction of sp³-hybridized carbons (Fsp3) is 0.333. The molecule has 0 saturated heterocycles. The van der Waals surface area contributed by atoms with Gasteiger partial charge in [0.25, 0.3) is 0 Å². The number of aryl methyl sites for hydroxylation is 2. The zero-order valence-corrected chi connectivity index (χ0v) is 15.6. The summed E-state index contributed by atoms with van der Waals surface area (Å²) in [6.45, 7) is 3.97. The van der Waals surface area contributed by atoms with Crippen molar-refractivity contribution in [2.75, 3.05) is 0 Å². The van der Waals surface area contributed by atoms with Crippen molar-refractivity contribution in [1.29, 1.82) is 0 Å². The highest BCUT2D eigenvalue weighted by atomic mass is 16.1. The van der Waals surface area contributed by atoms with Crippen LogP contribution in [0.25, 0.3) is 5.69 Å². The molecule has 1 aromatic carbocycles. The van der Waals surface area contributed by atoms with Crippen LogP contribution in [0.4, 0.5) is 0 Å². The summed E-state index contributed by atoms with van der Waals surface area (Å²) >= 11 is 0. The lowest BCUT2D eigenvalue weighted by Crippen LogP contribution is -2.33. The van der Waals surface area contributed by atoms with E-state index in [1.54, 1.807) is 12.4 Å². The van der Waals surface area contributed by atoms with Gasteiger partial charge < -0.3 is 5.32 Å². The van der Waals surface area contributed by atoms with Crippen molar-refractivity contribution < 1.29 is 4.79 Å². The molecule has 0 radical (unpaired) electrons. The topological polar surface area (TPSA) is 72.7 Å². The molecule has 0 fully saturated rings. The number of amides is 1. The number of benzene rings is 1. The van der Waals surface area contributed by atoms with Crippen LogP contribution in [0.1, 0.15) is 47.2 Å². The molecule has 0 bridgehead atoms. The first-order valence-corrected chi connectivity index (χ1v) is 9.33. The van der Waals surface area contributed by atoms with E-state index in [4.69, 9.17) is 0 Å². The number of para-hydroxylation sites is 1. The van der Waals surface area contributed by atoms with E-state index in [9.17, 15) is 4.79 Å². The lowest BCUT2D eigenvalue weighted by atomic mass is 9.95. The Hall–Kier alpha value is -3.02. The molecule has 1 aliphatic carbocycles. The number of rotatable bonds is 4. The number of aromatic nitrogens is 4. The van der Waals surface area contributed by atoms with Gasteiger partial charge in [0.1, 0.15) is 0 Å². The van der Waals surface area contributed by atoms with Crippen LogP contribution in [0.5, 0.6) is 0 Å². The van der Waals surface area contributed by atoms with Crippen molar-refractivity contribution in [2.24, 2.45) is 0 Å². The Balaban J connectivity index is 1.52. The third-order valence-corrected chi connectivity index (χ3v) is 5.16. The summed E-state index contributed by atoms with van der Waals surface area (Å²) in [4.78, 5) is 21.6. The molecule has 2 aromatic heterocycles. The van der Waals surface area contributed by atoms with Crippen LogP contribution in [0.3, 0.4) is 0 Å². The predicted octanol–water partition coefficient (Wildman–Crippen LogP) is 3.02. The van der Waals surface area contributed by atoms with Gasteiger partial charge in [0.05, 0.1) is 35.2 Å². The minimum atomic E-state index is -0.0558. The van der Waals surface area contributed by atoms with Gasteiger partial charge in [0.2, 0.25) is 5.91 Å². The molecule has 2 heterocycles. The SMILES string of the molecule is Cc1nn(-c2ccccc2)c(C)c1CC(=O)NC1CCCc2nccnc21. The van der Waals surface area contributed by atoms with Gasteiger partial charge >= 0.3 is 0 Å². The standard InChI is InChI=1S/C21H23N5O/c1-14-17(15(2)26(25-14)16-7-4-3-5-8-16)13-20(27)24-19-10-6-9-18-21(19)23-12-11-22-18/h3-5,7-8,11-12,19H,6,9-10,13H2,1-2H3,(H,24,27). The molecule has 1 atom stereocenters. The third kappa shape index (κ3) is 3.47. The molecule has 0 spiro atoms. The normalized spacial score (nSPS) is 16.0. The van der Waals surface area contributed by atoms with E-state index in [0.29, 0.717) is 6.42 Å². The first-order chi connectivity index (χ1) is 13.1. The van der Waals surface area contributed by atoms with Crippen LogP contribution >= 0.6 is 0 Å². The molecule has 6 nitrogen and oxygen atoms in total. The lowest BCUT2D eigenvalue weighted by molar-refractivity contribution is -0.121. The minimum Gasteiger partial charge on any atom is -0.347 e. The molecule has 0 saturated carbocycles. The number of nitrogens with zero attached hydrogens (tertiary/aromatic N) is 4. The molecule has 6 heteroatoms. The average molecular weight is 361 g/mol. The molecular formula is C21H23N5O. The van der Waals surface area contributed by atoms with E-state index in [2.05, 4.69) is 20.4 Å². The maximum atomic E-state index is 12.7. The van der Waals surface area contributed by atoms with Crippen molar-refractivity contribution in [2.45, 2.75) is 45.6 Å². The highest BCUT2D eigenvalue weighted by molar-refractivity contribution is 5.79. The summed E-state index contributed by atoms with van der Waals surface area (Å²) in [5.74, 6) is -0.00249. The van der Waals surface area contributed by atoms with Gasteiger partial charge in [0, 0.05) is 23.7 Å². The van der Waals surface area contributed by atoms with Gasteiger partial charge in [-0.05, 0) is 45.2 Å². The summed E-state index contributed by atoms with van der Waals surface area (Å²) < 4.78 is 1.90. The molecule has 3 aromatic rings. The van der Waals surface area contributed by atoms with Crippen molar-refractivity contribution in [3.63, 3.8) is 0 Å². The van der Waals surface area contributed by atoms with Gasteiger partial charge in [-0.1, -0.05) is 18.2 Å². The number of carbonyl (C=O) groups excluding carboxylic acids is 1. The van der Waals surface area contributed by atoms with E-state index in [1.165, 1.54) is 0 Å². The second-order valence-corrected chi connectivity index (χ2v) is 6.97. The van der Waals surface area contributed by atoms with Crippen molar-refractivity contribution in [3.05, 3.63) is 71.1 Å². The number of carbonyl (C=O) groups is 1. The van der Waals surface area contributed by atoms with Crippen molar-refractivity contribution in [1.82, 2.24) is 25.1 Å². The van der Waals surface area contributed by atoms with Gasteiger partial charge in [-0.15, -0.1) is 0 Å². The van der Waals surface area contributed by atoms with Crippen LogP contribution < -0.4 is 5.32 Å². The second-order valence-electron chi connectivity index (χ2n) is 6.97. The summed E-state index contributed by atoms with van der Waals surface area (Å²) in [5.41, 5.74) is 5.77. The molecule has 1 aliphatic rings. The van der Waals surface area contributed by atoms with Crippen LogP contribution in [0.2, 0.25) is 0 Å². The molecular weight excluding hydrogens is 338 g/mol. The van der Waals surface area contributed by atoms with Gasteiger partial charge in [-0.25, -0.2) is 4.68 Å². The quantitative estimate of drug-likeness (QED) is 0.775. The zero-order chi connectivity index (χ0) is 18.8. The Bertz CT molecular complexity index is 964. The van der Waals surface area contributed by atoms with Crippen LogP contribution in [0.15, 0.2) is 42.7 Å². The maximum absolute atomic E-state index is 12.7. The maximum Gasteiger partial charge on any atom is 0.225 e. The average Bonchev–Trinajstić information content (AvgIpc) is 2.97. The predicted molar refractivity (Wildman–Crippen MR) is 103 cm³/mol. The van der Waals surface area contributed by atoms with Crippen molar-refractivity contribution in [3.8, 4) is 5.69 Å². The first-order valence-electron chi connectivity index (χ1n) is 9.33. The summed E-state index contributed by atoms with van der Waals surface area (Å²) in [5, 5.41) is 7.78. The minimum absolute atomic E-state index is 0.00249.